The Bertz CT molecular complexity index is 1420. The molecule has 0 saturated heterocycles. The molecule has 2 heterocycles. The Morgan fingerprint density at radius 3 is 2.55 bits per heavy atom. The average Bonchev–Trinajstić information content (AvgIpc) is 3.45. The summed E-state index contributed by atoms with van der Waals surface area (Å²) in [6, 6.07) is 18.8. The smallest absolute Gasteiger partial charge is 0.273 e. The van der Waals surface area contributed by atoms with Crippen molar-refractivity contribution in [1.29, 1.82) is 0 Å². The third-order valence-corrected chi connectivity index (χ3v) is 7.71. The number of anilines is 1. The highest BCUT2D eigenvalue weighted by Gasteiger charge is 2.19. The molecule has 33 heavy (non-hydrogen) atoms. The first-order valence-corrected chi connectivity index (χ1v) is 12.4. The Kier molecular flexibility index (Phi) is 6.59. The van der Waals surface area contributed by atoms with E-state index in [4.69, 9.17) is 11.6 Å². The lowest BCUT2D eigenvalue weighted by Gasteiger charge is -2.10. The summed E-state index contributed by atoms with van der Waals surface area (Å²) < 4.78 is 29.3. The van der Waals surface area contributed by atoms with Crippen molar-refractivity contribution >= 4 is 50.8 Å². The fraction of sp³-hybridized carbons (Fsp3) is 0.0455. The van der Waals surface area contributed by atoms with Gasteiger partial charge in [-0.1, -0.05) is 48.0 Å². The highest BCUT2D eigenvalue weighted by molar-refractivity contribution is 7.94. The standard InChI is InChI=1S/C22H18ClN5O3S2/c1-15-18(21(23)28(26-15)16-8-3-2-4-9-16)14-24-25-22(29)17-10-5-6-11-19(17)27-33(30,31)20-12-7-13-32-20/h2-14,27H,1H3,(H,25,29)/b24-14+. The van der Waals surface area contributed by atoms with Crippen molar-refractivity contribution in [3.05, 3.63) is 94.1 Å². The summed E-state index contributed by atoms with van der Waals surface area (Å²) in [4.78, 5) is 12.7. The Morgan fingerprint density at radius 2 is 1.82 bits per heavy atom. The number of hydrogen-bond donors (Lipinski definition) is 2. The van der Waals surface area contributed by atoms with E-state index in [1.807, 2.05) is 30.3 Å². The number of nitrogens with zero attached hydrogens (tertiary/aromatic N) is 3. The molecule has 168 valence electrons. The molecule has 2 aromatic heterocycles. The molecule has 11 heteroatoms. The van der Waals surface area contributed by atoms with Gasteiger partial charge >= 0.3 is 0 Å². The van der Waals surface area contributed by atoms with Gasteiger partial charge in [-0.3, -0.25) is 9.52 Å². The molecule has 0 spiro atoms. The predicted molar refractivity (Wildman–Crippen MR) is 130 cm³/mol. The van der Waals surface area contributed by atoms with Crippen LogP contribution in [0, 0.1) is 6.92 Å². The molecule has 0 aliphatic rings. The van der Waals surface area contributed by atoms with Crippen LogP contribution in [0.3, 0.4) is 0 Å². The topological polar surface area (TPSA) is 105 Å². The highest BCUT2D eigenvalue weighted by Crippen LogP contribution is 2.24. The van der Waals surface area contributed by atoms with E-state index in [0.717, 1.165) is 17.0 Å². The van der Waals surface area contributed by atoms with Crippen LogP contribution in [0.1, 0.15) is 21.6 Å². The molecular weight excluding hydrogens is 482 g/mol. The van der Waals surface area contributed by atoms with Crippen molar-refractivity contribution in [2.75, 3.05) is 4.72 Å². The van der Waals surface area contributed by atoms with Gasteiger partial charge in [0.25, 0.3) is 15.9 Å². The number of para-hydroxylation sites is 2. The van der Waals surface area contributed by atoms with Crippen LogP contribution in [0.2, 0.25) is 5.15 Å². The second-order valence-electron chi connectivity index (χ2n) is 6.82. The Hall–Kier alpha value is -3.47. The Morgan fingerprint density at radius 1 is 1.09 bits per heavy atom. The number of benzene rings is 2. The van der Waals surface area contributed by atoms with Gasteiger partial charge < -0.3 is 0 Å². The van der Waals surface area contributed by atoms with Crippen LogP contribution in [0.5, 0.6) is 0 Å². The van der Waals surface area contributed by atoms with Crippen LogP contribution in [-0.4, -0.2) is 30.3 Å². The van der Waals surface area contributed by atoms with E-state index < -0.39 is 15.9 Å². The van der Waals surface area contributed by atoms with Crippen molar-refractivity contribution in [3.63, 3.8) is 0 Å². The molecule has 0 bridgehead atoms. The number of carbonyl (C=O) groups is 1. The van der Waals surface area contributed by atoms with E-state index in [9.17, 15) is 13.2 Å². The van der Waals surface area contributed by atoms with Crippen molar-refractivity contribution in [1.82, 2.24) is 15.2 Å². The molecule has 8 nitrogen and oxygen atoms in total. The quantitative estimate of drug-likeness (QED) is 0.289. The number of thiophene rings is 1. The van der Waals surface area contributed by atoms with Gasteiger partial charge in [-0.2, -0.15) is 10.2 Å². The maximum Gasteiger partial charge on any atom is 0.273 e. The minimum Gasteiger partial charge on any atom is -0.278 e. The monoisotopic (exact) mass is 499 g/mol. The summed E-state index contributed by atoms with van der Waals surface area (Å²) in [5.41, 5.74) is 4.65. The lowest BCUT2D eigenvalue weighted by Crippen LogP contribution is -2.21. The normalized spacial score (nSPS) is 11.6. The number of aryl methyl sites for hydroxylation is 1. The third-order valence-electron chi connectivity index (χ3n) is 4.58. The third kappa shape index (κ3) is 4.98. The van der Waals surface area contributed by atoms with Gasteiger partial charge in [0.15, 0.2) is 0 Å². The van der Waals surface area contributed by atoms with Crippen LogP contribution in [0.15, 0.2) is 81.4 Å². The van der Waals surface area contributed by atoms with Crippen molar-refractivity contribution in [2.45, 2.75) is 11.1 Å². The molecule has 4 aromatic rings. The number of nitrogens with one attached hydrogen (secondary N) is 2. The Labute approximate surface area is 199 Å². The number of amides is 1. The largest absolute Gasteiger partial charge is 0.278 e. The summed E-state index contributed by atoms with van der Waals surface area (Å²) in [6.45, 7) is 1.78. The number of hydrazone groups is 1. The fourth-order valence-corrected chi connectivity index (χ4v) is 5.39. The van der Waals surface area contributed by atoms with E-state index in [2.05, 4.69) is 20.3 Å². The first-order valence-electron chi connectivity index (χ1n) is 9.66. The summed E-state index contributed by atoms with van der Waals surface area (Å²) in [7, 11) is -3.80. The first kappa shape index (κ1) is 22.7. The van der Waals surface area contributed by atoms with Gasteiger partial charge in [-0.15, -0.1) is 11.3 Å². The van der Waals surface area contributed by atoms with Crippen LogP contribution < -0.4 is 10.1 Å². The number of carbonyl (C=O) groups excluding carboxylic acids is 1. The minimum absolute atomic E-state index is 0.123. The molecule has 0 radical (unpaired) electrons. The van der Waals surface area contributed by atoms with Gasteiger partial charge in [0.05, 0.1) is 34.4 Å². The van der Waals surface area contributed by atoms with Crippen molar-refractivity contribution < 1.29 is 13.2 Å². The zero-order chi connectivity index (χ0) is 23.4. The molecule has 2 aromatic carbocycles. The number of rotatable bonds is 7. The molecule has 0 aliphatic carbocycles. The molecule has 0 atom stereocenters. The summed E-state index contributed by atoms with van der Waals surface area (Å²) in [6.07, 6.45) is 1.40. The molecule has 4 rings (SSSR count). The van der Waals surface area contributed by atoms with Crippen LogP contribution >= 0.6 is 22.9 Å². The highest BCUT2D eigenvalue weighted by atomic mass is 35.5. The van der Waals surface area contributed by atoms with Crippen molar-refractivity contribution in [2.24, 2.45) is 5.10 Å². The van der Waals surface area contributed by atoms with E-state index in [-0.39, 0.29) is 15.5 Å². The molecule has 0 saturated carbocycles. The summed E-state index contributed by atoms with van der Waals surface area (Å²) in [5, 5.41) is 10.4. The summed E-state index contributed by atoms with van der Waals surface area (Å²) in [5.74, 6) is -0.583. The van der Waals surface area contributed by atoms with E-state index in [1.165, 1.54) is 24.4 Å². The molecule has 0 unspecified atom stereocenters. The lowest BCUT2D eigenvalue weighted by atomic mass is 10.2. The second-order valence-corrected chi connectivity index (χ2v) is 10.0. The number of sulfonamides is 1. The van der Waals surface area contributed by atoms with Gasteiger partial charge in [0, 0.05) is 0 Å². The lowest BCUT2D eigenvalue weighted by molar-refractivity contribution is 0.0956. The van der Waals surface area contributed by atoms with E-state index >= 15 is 0 Å². The second kappa shape index (κ2) is 9.57. The maximum atomic E-state index is 12.7. The molecule has 1 amide bonds. The maximum absolute atomic E-state index is 12.7. The van der Waals surface area contributed by atoms with Gasteiger partial charge in [0.2, 0.25) is 0 Å². The molecular formula is C22H18ClN5O3S2. The number of halogens is 1. The zero-order valence-corrected chi connectivity index (χ0v) is 19.7. The number of hydrogen-bond acceptors (Lipinski definition) is 6. The predicted octanol–water partition coefficient (Wildman–Crippen LogP) is 4.46. The zero-order valence-electron chi connectivity index (χ0n) is 17.3. The van der Waals surface area contributed by atoms with Gasteiger partial charge in [-0.25, -0.2) is 18.5 Å². The first-order chi connectivity index (χ1) is 15.9. The van der Waals surface area contributed by atoms with Crippen LogP contribution in [-0.2, 0) is 10.0 Å². The van der Waals surface area contributed by atoms with Crippen LogP contribution in [0.25, 0.3) is 5.69 Å². The minimum atomic E-state index is -3.80. The van der Waals surface area contributed by atoms with E-state index in [1.54, 1.807) is 35.2 Å². The molecule has 0 fully saturated rings. The van der Waals surface area contributed by atoms with E-state index in [0.29, 0.717) is 16.4 Å². The summed E-state index contributed by atoms with van der Waals surface area (Å²) >= 11 is 7.55. The number of aromatic nitrogens is 2. The average molecular weight is 500 g/mol. The Balaban J connectivity index is 1.52. The van der Waals surface area contributed by atoms with Crippen molar-refractivity contribution in [3.8, 4) is 5.69 Å². The van der Waals surface area contributed by atoms with Crippen LogP contribution in [0.4, 0.5) is 5.69 Å². The van der Waals surface area contributed by atoms with Gasteiger partial charge in [0.1, 0.15) is 9.36 Å². The van der Waals surface area contributed by atoms with Gasteiger partial charge in [-0.05, 0) is 42.6 Å². The SMILES string of the molecule is Cc1nn(-c2ccccc2)c(Cl)c1/C=N/NC(=O)c1ccccc1NS(=O)(=O)c1cccs1. The molecule has 2 N–H and O–H groups in total. The molecule has 0 aliphatic heterocycles. The fourth-order valence-electron chi connectivity index (χ4n) is 3.00.